The number of likely N-dealkylation sites (N-methyl/N-ethyl adjacent to an activating group) is 1. The van der Waals surface area contributed by atoms with Gasteiger partial charge in [-0.2, -0.15) is 0 Å². The van der Waals surface area contributed by atoms with Crippen LogP contribution in [-0.2, 0) is 14.3 Å². The summed E-state index contributed by atoms with van der Waals surface area (Å²) < 4.78 is 5.26. The van der Waals surface area contributed by atoms with E-state index in [4.69, 9.17) is 4.74 Å². The molecule has 1 aliphatic heterocycles. The minimum absolute atomic E-state index is 0.0711. The SMILES string of the molecule is CC(=O)[C@@H](NC(=O)[C@@H]1COCN1C)C1CCCCC1. The lowest BCUT2D eigenvalue weighted by Crippen LogP contribution is -2.52. The summed E-state index contributed by atoms with van der Waals surface area (Å²) in [6.45, 7) is 2.47. The highest BCUT2D eigenvalue weighted by Crippen LogP contribution is 2.27. The molecule has 2 atom stereocenters. The summed E-state index contributed by atoms with van der Waals surface area (Å²) in [6.07, 6.45) is 5.66. The lowest BCUT2D eigenvalue weighted by molar-refractivity contribution is -0.130. The largest absolute Gasteiger partial charge is 0.364 e. The van der Waals surface area contributed by atoms with Gasteiger partial charge in [0.25, 0.3) is 0 Å². The van der Waals surface area contributed by atoms with Gasteiger partial charge in [-0.25, -0.2) is 0 Å². The molecule has 0 unspecified atom stereocenters. The van der Waals surface area contributed by atoms with Crippen molar-refractivity contribution in [3.05, 3.63) is 0 Å². The summed E-state index contributed by atoms with van der Waals surface area (Å²) in [5.41, 5.74) is 0. The molecule has 0 radical (unpaired) electrons. The van der Waals surface area contributed by atoms with Gasteiger partial charge in [-0.05, 0) is 32.7 Å². The van der Waals surface area contributed by atoms with Crippen molar-refractivity contribution in [3.8, 4) is 0 Å². The third-order valence-corrected chi connectivity index (χ3v) is 4.26. The molecule has 1 saturated carbocycles. The van der Waals surface area contributed by atoms with Gasteiger partial charge in [0.1, 0.15) is 6.04 Å². The van der Waals surface area contributed by atoms with Gasteiger partial charge < -0.3 is 10.1 Å². The minimum atomic E-state index is -0.318. The Kier molecular flexibility index (Phi) is 4.93. The van der Waals surface area contributed by atoms with Crippen LogP contribution >= 0.6 is 0 Å². The van der Waals surface area contributed by atoms with Crippen molar-refractivity contribution in [1.82, 2.24) is 10.2 Å². The first kappa shape index (κ1) is 14.5. The van der Waals surface area contributed by atoms with E-state index in [-0.39, 0.29) is 23.8 Å². The molecule has 5 heteroatoms. The Morgan fingerprint density at radius 3 is 2.47 bits per heavy atom. The first-order valence-corrected chi connectivity index (χ1v) is 7.18. The van der Waals surface area contributed by atoms with E-state index in [1.807, 2.05) is 11.9 Å². The molecule has 0 aromatic carbocycles. The van der Waals surface area contributed by atoms with E-state index in [1.165, 1.54) is 6.42 Å². The third-order valence-electron chi connectivity index (χ3n) is 4.26. The fourth-order valence-electron chi connectivity index (χ4n) is 3.07. The number of amides is 1. The van der Waals surface area contributed by atoms with Gasteiger partial charge in [0.05, 0.1) is 19.4 Å². The van der Waals surface area contributed by atoms with Crippen LogP contribution in [0, 0.1) is 5.92 Å². The van der Waals surface area contributed by atoms with E-state index in [2.05, 4.69) is 5.32 Å². The van der Waals surface area contributed by atoms with Crippen molar-refractivity contribution in [2.75, 3.05) is 20.4 Å². The maximum Gasteiger partial charge on any atom is 0.240 e. The standard InChI is InChI=1S/C14H24N2O3/c1-10(17)13(11-6-4-3-5-7-11)15-14(18)12-8-19-9-16(12)2/h11-13H,3-9H2,1-2H3,(H,15,18)/t12-,13+/m0/s1. The Hall–Kier alpha value is -0.940. The predicted octanol–water partition coefficient (Wildman–Crippen LogP) is 0.929. The van der Waals surface area contributed by atoms with Crippen LogP contribution in [0.3, 0.4) is 0 Å². The van der Waals surface area contributed by atoms with E-state index in [0.717, 1.165) is 25.7 Å². The number of nitrogens with zero attached hydrogens (tertiary/aromatic N) is 1. The van der Waals surface area contributed by atoms with E-state index >= 15 is 0 Å². The number of hydrogen-bond acceptors (Lipinski definition) is 4. The van der Waals surface area contributed by atoms with Crippen LogP contribution in [-0.4, -0.2) is 49.1 Å². The Labute approximate surface area is 114 Å². The number of ketones is 1. The summed E-state index contributed by atoms with van der Waals surface area (Å²) in [7, 11) is 1.86. The van der Waals surface area contributed by atoms with E-state index in [0.29, 0.717) is 19.3 Å². The fraction of sp³-hybridized carbons (Fsp3) is 0.857. The molecule has 1 aliphatic carbocycles. The molecule has 1 amide bonds. The van der Waals surface area contributed by atoms with Crippen molar-refractivity contribution in [3.63, 3.8) is 0 Å². The first-order valence-electron chi connectivity index (χ1n) is 7.18. The van der Waals surface area contributed by atoms with Crippen molar-refractivity contribution >= 4 is 11.7 Å². The molecule has 5 nitrogen and oxygen atoms in total. The predicted molar refractivity (Wildman–Crippen MR) is 71.6 cm³/mol. The monoisotopic (exact) mass is 268 g/mol. The zero-order valence-corrected chi connectivity index (χ0v) is 11.9. The van der Waals surface area contributed by atoms with Gasteiger partial charge in [0.15, 0.2) is 5.78 Å². The molecular formula is C14H24N2O3. The number of ether oxygens (including phenoxy) is 1. The second-order valence-electron chi connectivity index (χ2n) is 5.77. The Morgan fingerprint density at radius 2 is 1.95 bits per heavy atom. The van der Waals surface area contributed by atoms with Crippen LogP contribution in [0.2, 0.25) is 0 Å². The zero-order chi connectivity index (χ0) is 13.8. The number of carbonyl (C=O) groups excluding carboxylic acids is 2. The van der Waals surface area contributed by atoms with Crippen LogP contribution in [0.5, 0.6) is 0 Å². The molecule has 108 valence electrons. The van der Waals surface area contributed by atoms with Crippen LogP contribution < -0.4 is 5.32 Å². The summed E-state index contributed by atoms with van der Waals surface area (Å²) in [5.74, 6) is 0.301. The van der Waals surface area contributed by atoms with Gasteiger partial charge in [-0.1, -0.05) is 19.3 Å². The average Bonchev–Trinajstić information content (AvgIpc) is 2.82. The second kappa shape index (κ2) is 6.48. The maximum atomic E-state index is 12.2. The van der Waals surface area contributed by atoms with Gasteiger partial charge in [-0.3, -0.25) is 14.5 Å². The quantitative estimate of drug-likeness (QED) is 0.824. The average molecular weight is 268 g/mol. The lowest BCUT2D eigenvalue weighted by Gasteiger charge is -2.30. The number of carbonyl (C=O) groups is 2. The summed E-state index contributed by atoms with van der Waals surface area (Å²) in [5, 5.41) is 2.95. The highest BCUT2D eigenvalue weighted by molar-refractivity contribution is 5.90. The Balaban J connectivity index is 1.95. The molecule has 19 heavy (non-hydrogen) atoms. The third kappa shape index (κ3) is 3.54. The number of Topliss-reactive ketones (excluding diaryl/α,β-unsaturated/α-hetero) is 1. The van der Waals surface area contributed by atoms with Crippen molar-refractivity contribution in [2.45, 2.75) is 51.1 Å². The summed E-state index contributed by atoms with van der Waals surface area (Å²) in [4.78, 5) is 25.9. The van der Waals surface area contributed by atoms with E-state index in [1.54, 1.807) is 6.92 Å². The molecule has 0 aromatic heterocycles. The maximum absolute atomic E-state index is 12.2. The van der Waals surface area contributed by atoms with Crippen molar-refractivity contribution in [2.24, 2.45) is 5.92 Å². The minimum Gasteiger partial charge on any atom is -0.364 e. The molecular weight excluding hydrogens is 244 g/mol. The second-order valence-corrected chi connectivity index (χ2v) is 5.77. The molecule has 0 spiro atoms. The molecule has 2 rings (SSSR count). The molecule has 2 fully saturated rings. The lowest BCUT2D eigenvalue weighted by atomic mass is 9.82. The molecule has 1 saturated heterocycles. The zero-order valence-electron chi connectivity index (χ0n) is 11.9. The van der Waals surface area contributed by atoms with Gasteiger partial charge in [0.2, 0.25) is 5.91 Å². The van der Waals surface area contributed by atoms with Gasteiger partial charge in [0, 0.05) is 0 Å². The first-order chi connectivity index (χ1) is 9.09. The molecule has 2 aliphatic rings. The molecule has 1 N–H and O–H groups in total. The van der Waals surface area contributed by atoms with Crippen molar-refractivity contribution in [1.29, 1.82) is 0 Å². The fourth-order valence-corrected chi connectivity index (χ4v) is 3.07. The number of nitrogens with one attached hydrogen (secondary N) is 1. The highest BCUT2D eigenvalue weighted by Gasteiger charge is 2.34. The summed E-state index contributed by atoms with van der Waals surface area (Å²) >= 11 is 0. The molecule has 1 heterocycles. The Morgan fingerprint density at radius 1 is 1.26 bits per heavy atom. The van der Waals surface area contributed by atoms with Crippen LogP contribution in [0.15, 0.2) is 0 Å². The number of hydrogen-bond donors (Lipinski definition) is 1. The summed E-state index contributed by atoms with van der Waals surface area (Å²) in [6, 6.07) is -0.577. The normalized spacial score (nSPS) is 27.2. The smallest absolute Gasteiger partial charge is 0.240 e. The van der Waals surface area contributed by atoms with Crippen LogP contribution in [0.25, 0.3) is 0 Å². The van der Waals surface area contributed by atoms with Crippen LogP contribution in [0.1, 0.15) is 39.0 Å². The van der Waals surface area contributed by atoms with E-state index in [9.17, 15) is 9.59 Å². The topological polar surface area (TPSA) is 58.6 Å². The Bertz CT molecular complexity index is 340. The van der Waals surface area contributed by atoms with Gasteiger partial charge >= 0.3 is 0 Å². The number of rotatable bonds is 4. The van der Waals surface area contributed by atoms with Gasteiger partial charge in [-0.15, -0.1) is 0 Å². The van der Waals surface area contributed by atoms with Crippen LogP contribution in [0.4, 0.5) is 0 Å². The molecule has 0 bridgehead atoms. The molecule has 0 aromatic rings. The highest BCUT2D eigenvalue weighted by atomic mass is 16.5. The van der Waals surface area contributed by atoms with E-state index < -0.39 is 0 Å². The van der Waals surface area contributed by atoms with Crippen molar-refractivity contribution < 1.29 is 14.3 Å².